The lowest BCUT2D eigenvalue weighted by Gasteiger charge is -2.18. The standard InChI is InChI=1S/C27H22FNO4/c1-27(2,3)20-11-9-18(10-12-20)25(30)32-22-13-7-17(8-14-22)15-23-26(31)33-24(29-23)19-5-4-6-21(28)16-19/h4-16H,1-3H3/b23-15+. The molecule has 1 aliphatic heterocycles. The van der Waals surface area contributed by atoms with Gasteiger partial charge in [0.25, 0.3) is 0 Å². The Hall–Kier alpha value is -4.06. The fourth-order valence-electron chi connectivity index (χ4n) is 3.22. The van der Waals surface area contributed by atoms with Crippen molar-refractivity contribution in [3.63, 3.8) is 0 Å². The Morgan fingerprint density at radius 1 is 1.00 bits per heavy atom. The van der Waals surface area contributed by atoms with Gasteiger partial charge in [-0.05, 0) is 65.1 Å². The Balaban J connectivity index is 1.45. The number of aliphatic imine (C=N–C) groups is 1. The molecule has 3 aromatic carbocycles. The van der Waals surface area contributed by atoms with Gasteiger partial charge in [0.1, 0.15) is 11.6 Å². The third-order valence-corrected chi connectivity index (χ3v) is 5.07. The molecule has 0 aromatic heterocycles. The summed E-state index contributed by atoms with van der Waals surface area (Å²) in [6, 6.07) is 19.7. The lowest BCUT2D eigenvalue weighted by molar-refractivity contribution is -0.129. The van der Waals surface area contributed by atoms with E-state index in [1.807, 2.05) is 12.1 Å². The van der Waals surface area contributed by atoms with E-state index >= 15 is 0 Å². The topological polar surface area (TPSA) is 65.0 Å². The van der Waals surface area contributed by atoms with E-state index in [0.717, 1.165) is 5.56 Å². The molecule has 33 heavy (non-hydrogen) atoms. The predicted octanol–water partition coefficient (Wildman–Crippen LogP) is 5.69. The van der Waals surface area contributed by atoms with Gasteiger partial charge in [-0.3, -0.25) is 0 Å². The Morgan fingerprint density at radius 2 is 1.70 bits per heavy atom. The zero-order chi connectivity index (χ0) is 23.6. The summed E-state index contributed by atoms with van der Waals surface area (Å²) in [5.74, 6) is -1.10. The van der Waals surface area contributed by atoms with Crippen molar-refractivity contribution in [2.45, 2.75) is 26.2 Å². The maximum atomic E-state index is 13.4. The molecule has 0 radical (unpaired) electrons. The summed E-state index contributed by atoms with van der Waals surface area (Å²) in [6.45, 7) is 6.32. The SMILES string of the molecule is CC(C)(C)c1ccc(C(=O)Oc2ccc(/C=C3/N=C(c4cccc(F)c4)OC3=O)cc2)cc1. The van der Waals surface area contributed by atoms with Gasteiger partial charge in [0, 0.05) is 5.56 Å². The Labute approximate surface area is 191 Å². The average molecular weight is 443 g/mol. The molecule has 0 fully saturated rings. The summed E-state index contributed by atoms with van der Waals surface area (Å²) < 4.78 is 24.0. The van der Waals surface area contributed by atoms with Gasteiger partial charge in [-0.25, -0.2) is 19.0 Å². The monoisotopic (exact) mass is 443 g/mol. The van der Waals surface area contributed by atoms with Gasteiger partial charge in [-0.15, -0.1) is 0 Å². The summed E-state index contributed by atoms with van der Waals surface area (Å²) >= 11 is 0. The maximum Gasteiger partial charge on any atom is 0.363 e. The van der Waals surface area contributed by atoms with Crippen molar-refractivity contribution in [2.24, 2.45) is 4.99 Å². The molecule has 0 bridgehead atoms. The quantitative estimate of drug-likeness (QED) is 0.295. The highest BCUT2D eigenvalue weighted by atomic mass is 19.1. The van der Waals surface area contributed by atoms with E-state index in [0.29, 0.717) is 22.4 Å². The fourth-order valence-corrected chi connectivity index (χ4v) is 3.22. The minimum atomic E-state index is -0.622. The molecule has 0 amide bonds. The third kappa shape index (κ3) is 5.23. The smallest absolute Gasteiger partial charge is 0.363 e. The van der Waals surface area contributed by atoms with Crippen LogP contribution < -0.4 is 4.74 Å². The fraction of sp³-hybridized carbons (Fsp3) is 0.148. The van der Waals surface area contributed by atoms with E-state index in [1.54, 1.807) is 48.5 Å². The molecule has 3 aromatic rings. The molecule has 0 saturated carbocycles. The minimum absolute atomic E-state index is 0.000608. The summed E-state index contributed by atoms with van der Waals surface area (Å²) in [5, 5.41) is 0. The minimum Gasteiger partial charge on any atom is -0.423 e. The van der Waals surface area contributed by atoms with Crippen LogP contribution in [0.15, 0.2) is 83.5 Å². The van der Waals surface area contributed by atoms with Crippen molar-refractivity contribution in [3.8, 4) is 5.75 Å². The molecule has 0 aliphatic carbocycles. The number of cyclic esters (lactones) is 1. The summed E-state index contributed by atoms with van der Waals surface area (Å²) in [4.78, 5) is 28.7. The number of rotatable bonds is 4. The van der Waals surface area contributed by atoms with Crippen LogP contribution in [0.25, 0.3) is 6.08 Å². The van der Waals surface area contributed by atoms with Crippen LogP contribution in [-0.4, -0.2) is 17.8 Å². The van der Waals surface area contributed by atoms with E-state index in [-0.39, 0.29) is 17.0 Å². The van der Waals surface area contributed by atoms with E-state index in [1.165, 1.54) is 18.2 Å². The first-order chi connectivity index (χ1) is 15.7. The molecule has 1 heterocycles. The third-order valence-electron chi connectivity index (χ3n) is 5.07. The van der Waals surface area contributed by atoms with Gasteiger partial charge in [0.15, 0.2) is 5.70 Å². The second-order valence-corrected chi connectivity index (χ2v) is 8.63. The average Bonchev–Trinajstić information content (AvgIpc) is 3.15. The van der Waals surface area contributed by atoms with Gasteiger partial charge in [0.05, 0.1) is 5.56 Å². The number of nitrogens with zero attached hydrogens (tertiary/aromatic N) is 1. The van der Waals surface area contributed by atoms with Crippen LogP contribution in [-0.2, 0) is 14.9 Å². The maximum absolute atomic E-state index is 13.4. The van der Waals surface area contributed by atoms with Crippen molar-refractivity contribution >= 4 is 23.9 Å². The summed E-state index contributed by atoms with van der Waals surface area (Å²) in [6.07, 6.45) is 1.55. The predicted molar refractivity (Wildman–Crippen MR) is 124 cm³/mol. The van der Waals surface area contributed by atoms with E-state index in [4.69, 9.17) is 9.47 Å². The van der Waals surface area contributed by atoms with Crippen molar-refractivity contribution < 1.29 is 23.5 Å². The molecule has 4 rings (SSSR count). The second-order valence-electron chi connectivity index (χ2n) is 8.63. The molecule has 1 aliphatic rings. The van der Waals surface area contributed by atoms with Crippen molar-refractivity contribution in [3.05, 3.63) is 107 Å². The Bertz CT molecular complexity index is 1270. The zero-order valence-electron chi connectivity index (χ0n) is 18.5. The Kier molecular flexibility index (Phi) is 5.92. The molecule has 0 unspecified atom stereocenters. The number of ether oxygens (including phenoxy) is 2. The van der Waals surface area contributed by atoms with Crippen LogP contribution in [0.5, 0.6) is 5.75 Å². The number of carbonyl (C=O) groups excluding carboxylic acids is 2. The van der Waals surface area contributed by atoms with Gasteiger partial charge in [-0.2, -0.15) is 0 Å². The first-order valence-electron chi connectivity index (χ1n) is 10.4. The number of esters is 2. The molecule has 5 nitrogen and oxygen atoms in total. The first kappa shape index (κ1) is 22.1. The van der Waals surface area contributed by atoms with Crippen LogP contribution in [0.3, 0.4) is 0 Å². The van der Waals surface area contributed by atoms with E-state index < -0.39 is 17.8 Å². The van der Waals surface area contributed by atoms with E-state index in [2.05, 4.69) is 25.8 Å². The number of hydrogen-bond acceptors (Lipinski definition) is 5. The summed E-state index contributed by atoms with van der Waals surface area (Å²) in [7, 11) is 0. The molecular weight excluding hydrogens is 421 g/mol. The number of benzene rings is 3. The molecule has 6 heteroatoms. The van der Waals surface area contributed by atoms with Crippen LogP contribution in [0.2, 0.25) is 0 Å². The lowest BCUT2D eigenvalue weighted by Crippen LogP contribution is -2.12. The van der Waals surface area contributed by atoms with E-state index in [9.17, 15) is 14.0 Å². The highest BCUT2D eigenvalue weighted by Gasteiger charge is 2.24. The molecule has 166 valence electrons. The summed E-state index contributed by atoms with van der Waals surface area (Å²) in [5.41, 5.74) is 2.73. The normalized spacial score (nSPS) is 14.7. The highest BCUT2D eigenvalue weighted by molar-refractivity contribution is 6.12. The van der Waals surface area contributed by atoms with Crippen molar-refractivity contribution in [1.29, 1.82) is 0 Å². The van der Waals surface area contributed by atoms with Crippen molar-refractivity contribution in [1.82, 2.24) is 0 Å². The molecule has 0 saturated heterocycles. The van der Waals surface area contributed by atoms with Gasteiger partial charge < -0.3 is 9.47 Å². The van der Waals surface area contributed by atoms with Gasteiger partial charge in [0.2, 0.25) is 5.90 Å². The van der Waals surface area contributed by atoms with Gasteiger partial charge in [-0.1, -0.05) is 51.1 Å². The van der Waals surface area contributed by atoms with Crippen LogP contribution in [0, 0.1) is 5.82 Å². The van der Waals surface area contributed by atoms with Crippen molar-refractivity contribution in [2.75, 3.05) is 0 Å². The molecule has 0 spiro atoms. The van der Waals surface area contributed by atoms with Crippen LogP contribution in [0.1, 0.15) is 47.8 Å². The van der Waals surface area contributed by atoms with Gasteiger partial charge >= 0.3 is 11.9 Å². The van der Waals surface area contributed by atoms with Crippen LogP contribution in [0.4, 0.5) is 4.39 Å². The lowest BCUT2D eigenvalue weighted by atomic mass is 9.87. The Morgan fingerprint density at radius 3 is 2.33 bits per heavy atom. The second kappa shape index (κ2) is 8.82. The highest BCUT2D eigenvalue weighted by Crippen LogP contribution is 2.24. The first-order valence-corrected chi connectivity index (χ1v) is 10.4. The number of carbonyl (C=O) groups is 2. The zero-order valence-corrected chi connectivity index (χ0v) is 18.5. The number of hydrogen-bond donors (Lipinski definition) is 0. The molecular formula is C27H22FNO4. The molecule has 0 N–H and O–H groups in total. The largest absolute Gasteiger partial charge is 0.423 e. The number of halogens is 1. The van der Waals surface area contributed by atoms with Crippen LogP contribution >= 0.6 is 0 Å². The molecule has 0 atom stereocenters.